The number of halogens is 1. The summed E-state index contributed by atoms with van der Waals surface area (Å²) in [6.45, 7) is 6.44. The summed E-state index contributed by atoms with van der Waals surface area (Å²) >= 11 is 0. The Morgan fingerprint density at radius 3 is 2.62 bits per heavy atom. The fraction of sp³-hybridized carbons (Fsp3) is 0.909. The molecule has 16 heavy (non-hydrogen) atoms. The van der Waals surface area contributed by atoms with Crippen molar-refractivity contribution in [2.24, 2.45) is 0 Å². The van der Waals surface area contributed by atoms with Crippen LogP contribution < -0.4 is 5.32 Å². The number of nitrogens with one attached hydrogen (secondary N) is 1. The third-order valence-electron chi connectivity index (χ3n) is 2.55. The second-order valence-corrected chi connectivity index (χ2v) is 5.17. The van der Waals surface area contributed by atoms with Gasteiger partial charge in [-0.3, -0.25) is 0 Å². The highest BCUT2D eigenvalue weighted by Gasteiger charge is 2.32. The fourth-order valence-corrected chi connectivity index (χ4v) is 1.71. The topological polar surface area (TPSA) is 41.6 Å². The molecule has 1 saturated heterocycles. The molecule has 2 atom stereocenters. The van der Waals surface area contributed by atoms with E-state index in [4.69, 9.17) is 4.74 Å². The van der Waals surface area contributed by atoms with E-state index < -0.39 is 17.9 Å². The molecule has 0 aliphatic carbocycles. The number of carbonyl (C=O) groups is 1. The zero-order chi connectivity index (χ0) is 12.3. The van der Waals surface area contributed by atoms with Crippen LogP contribution in [0, 0.1) is 0 Å². The van der Waals surface area contributed by atoms with E-state index in [9.17, 15) is 9.18 Å². The van der Waals surface area contributed by atoms with Gasteiger partial charge in [-0.2, -0.15) is 0 Å². The minimum Gasteiger partial charge on any atom is -0.444 e. The van der Waals surface area contributed by atoms with Crippen molar-refractivity contribution in [3.05, 3.63) is 0 Å². The molecule has 1 aliphatic heterocycles. The first kappa shape index (κ1) is 13.2. The molecule has 0 aromatic carbocycles. The van der Waals surface area contributed by atoms with Crippen molar-refractivity contribution < 1.29 is 13.9 Å². The molecule has 0 bridgehead atoms. The smallest absolute Gasteiger partial charge is 0.410 e. The highest BCUT2D eigenvalue weighted by molar-refractivity contribution is 5.68. The maximum Gasteiger partial charge on any atom is 0.410 e. The van der Waals surface area contributed by atoms with Crippen molar-refractivity contribution in [3.8, 4) is 0 Å². The lowest BCUT2D eigenvalue weighted by molar-refractivity contribution is 0.00924. The second kappa shape index (κ2) is 4.99. The van der Waals surface area contributed by atoms with Crippen LogP contribution in [0.15, 0.2) is 0 Å². The van der Waals surface area contributed by atoms with Crippen molar-refractivity contribution in [1.29, 1.82) is 0 Å². The summed E-state index contributed by atoms with van der Waals surface area (Å²) in [7, 11) is 1.59. The highest BCUT2D eigenvalue weighted by atomic mass is 19.1. The monoisotopic (exact) mass is 232 g/mol. The van der Waals surface area contributed by atoms with Crippen LogP contribution in [-0.4, -0.2) is 48.9 Å². The molecule has 0 spiro atoms. The second-order valence-electron chi connectivity index (χ2n) is 5.17. The van der Waals surface area contributed by atoms with Gasteiger partial charge in [0.1, 0.15) is 11.8 Å². The zero-order valence-corrected chi connectivity index (χ0v) is 10.4. The number of carbonyl (C=O) groups excluding carboxylic acids is 1. The average Bonchev–Trinajstić information content (AvgIpc) is 2.15. The molecule has 1 aliphatic rings. The number of alkyl halides is 1. The third-order valence-corrected chi connectivity index (χ3v) is 2.55. The minimum atomic E-state index is -1.02. The van der Waals surface area contributed by atoms with Gasteiger partial charge in [0.05, 0.1) is 6.04 Å². The first-order valence-electron chi connectivity index (χ1n) is 5.62. The molecular formula is C11H21FN2O2. The summed E-state index contributed by atoms with van der Waals surface area (Å²) in [4.78, 5) is 13.1. The van der Waals surface area contributed by atoms with Gasteiger partial charge in [0.25, 0.3) is 0 Å². The molecule has 0 saturated carbocycles. The first-order chi connectivity index (χ1) is 7.31. The maximum absolute atomic E-state index is 13.6. The average molecular weight is 232 g/mol. The highest BCUT2D eigenvalue weighted by Crippen LogP contribution is 2.17. The summed E-state index contributed by atoms with van der Waals surface area (Å²) in [5, 5.41) is 2.95. The van der Waals surface area contributed by atoms with Crippen LogP contribution in [0.25, 0.3) is 0 Å². The van der Waals surface area contributed by atoms with Crippen molar-refractivity contribution >= 4 is 6.09 Å². The van der Waals surface area contributed by atoms with E-state index in [1.54, 1.807) is 27.8 Å². The third kappa shape index (κ3) is 3.63. The normalized spacial score (nSPS) is 26.3. The molecule has 5 heteroatoms. The summed E-state index contributed by atoms with van der Waals surface area (Å²) in [5.41, 5.74) is -0.538. The van der Waals surface area contributed by atoms with Crippen LogP contribution in [0.1, 0.15) is 27.2 Å². The van der Waals surface area contributed by atoms with E-state index in [0.29, 0.717) is 13.0 Å². The summed E-state index contributed by atoms with van der Waals surface area (Å²) in [6.07, 6.45) is -0.856. The molecule has 1 heterocycles. The van der Waals surface area contributed by atoms with Crippen molar-refractivity contribution in [2.75, 3.05) is 20.1 Å². The Kier molecular flexibility index (Phi) is 4.13. The van der Waals surface area contributed by atoms with Crippen LogP contribution >= 0.6 is 0 Å². The van der Waals surface area contributed by atoms with Gasteiger partial charge in [0.2, 0.25) is 0 Å². The number of nitrogens with zero attached hydrogens (tertiary/aromatic N) is 1. The van der Waals surface area contributed by atoms with Crippen LogP contribution in [0.4, 0.5) is 9.18 Å². The molecule has 0 aromatic rings. The number of hydrogen-bond donors (Lipinski definition) is 1. The fourth-order valence-electron chi connectivity index (χ4n) is 1.71. The Labute approximate surface area is 96.1 Å². The quantitative estimate of drug-likeness (QED) is 0.746. The molecule has 4 nitrogen and oxygen atoms in total. The summed E-state index contributed by atoms with van der Waals surface area (Å²) in [6, 6.07) is -0.379. The molecule has 94 valence electrons. The van der Waals surface area contributed by atoms with Crippen LogP contribution in [0.2, 0.25) is 0 Å². The Bertz CT molecular complexity index is 253. The number of amides is 1. The lowest BCUT2D eigenvalue weighted by Crippen LogP contribution is -2.52. The van der Waals surface area contributed by atoms with Gasteiger partial charge in [-0.05, 0) is 33.7 Å². The minimum absolute atomic E-state index is 0.303. The van der Waals surface area contributed by atoms with Crippen molar-refractivity contribution in [3.63, 3.8) is 0 Å². The number of piperidine rings is 1. The Morgan fingerprint density at radius 2 is 2.12 bits per heavy atom. The molecule has 0 radical (unpaired) electrons. The standard InChI is InChI=1S/C11H21FN2O2/c1-11(2,3)16-10(15)14(4)9-5-6-13-7-8(9)12/h8-9,13H,5-7H2,1-4H3/t8-,9-/m0/s1. The Hall–Kier alpha value is -0.840. The van der Waals surface area contributed by atoms with Gasteiger partial charge in [-0.15, -0.1) is 0 Å². The number of ether oxygens (including phenoxy) is 1. The van der Waals surface area contributed by atoms with Gasteiger partial charge in [-0.1, -0.05) is 0 Å². The first-order valence-corrected chi connectivity index (χ1v) is 5.62. The van der Waals surface area contributed by atoms with Crippen LogP contribution in [0.3, 0.4) is 0 Å². The summed E-state index contributed by atoms with van der Waals surface area (Å²) < 4.78 is 18.8. The zero-order valence-electron chi connectivity index (χ0n) is 10.4. The molecular weight excluding hydrogens is 211 g/mol. The molecule has 1 amide bonds. The predicted molar refractivity (Wildman–Crippen MR) is 60.2 cm³/mol. The van der Waals surface area contributed by atoms with Gasteiger partial charge in [0, 0.05) is 13.6 Å². The van der Waals surface area contributed by atoms with Crippen molar-refractivity contribution in [1.82, 2.24) is 10.2 Å². The van der Waals surface area contributed by atoms with Crippen molar-refractivity contribution in [2.45, 2.75) is 45.0 Å². The number of hydrogen-bond acceptors (Lipinski definition) is 3. The molecule has 1 rings (SSSR count). The SMILES string of the molecule is CN(C(=O)OC(C)(C)C)[C@H]1CCNC[C@@H]1F. The van der Waals surface area contributed by atoms with Crippen LogP contribution in [-0.2, 0) is 4.74 Å². The maximum atomic E-state index is 13.6. The van der Waals surface area contributed by atoms with Gasteiger partial charge in [0.15, 0.2) is 0 Å². The predicted octanol–water partition coefficient (Wildman–Crippen LogP) is 1.55. The summed E-state index contributed by atoms with van der Waals surface area (Å²) in [5.74, 6) is 0. The van der Waals surface area contributed by atoms with E-state index >= 15 is 0 Å². The Balaban J connectivity index is 2.55. The van der Waals surface area contributed by atoms with E-state index in [0.717, 1.165) is 6.54 Å². The molecule has 1 fully saturated rings. The van der Waals surface area contributed by atoms with Gasteiger partial charge in [-0.25, -0.2) is 9.18 Å². The van der Waals surface area contributed by atoms with Crippen LogP contribution in [0.5, 0.6) is 0 Å². The molecule has 0 aromatic heterocycles. The van der Waals surface area contributed by atoms with E-state index in [2.05, 4.69) is 5.32 Å². The molecule has 0 unspecified atom stereocenters. The largest absolute Gasteiger partial charge is 0.444 e. The lowest BCUT2D eigenvalue weighted by atomic mass is 10.0. The van der Waals surface area contributed by atoms with Gasteiger partial charge < -0.3 is 15.0 Å². The Morgan fingerprint density at radius 1 is 1.50 bits per heavy atom. The van der Waals surface area contributed by atoms with E-state index in [1.807, 2.05) is 0 Å². The van der Waals surface area contributed by atoms with Gasteiger partial charge >= 0.3 is 6.09 Å². The number of rotatable bonds is 1. The molecule has 1 N–H and O–H groups in total. The van der Waals surface area contributed by atoms with E-state index in [-0.39, 0.29) is 6.04 Å². The lowest BCUT2D eigenvalue weighted by Gasteiger charge is -2.35. The van der Waals surface area contributed by atoms with E-state index in [1.165, 1.54) is 4.90 Å².